The van der Waals surface area contributed by atoms with Crippen LogP contribution in [-0.2, 0) is 27.5 Å². The summed E-state index contributed by atoms with van der Waals surface area (Å²) in [6.07, 6.45) is 0.716. The predicted molar refractivity (Wildman–Crippen MR) is 42.5 cm³/mol. The molecule has 12 heavy (non-hydrogen) atoms. The minimum absolute atomic E-state index is 0. The van der Waals surface area contributed by atoms with E-state index >= 15 is 0 Å². The van der Waals surface area contributed by atoms with Gasteiger partial charge in [-0.25, -0.2) is 0 Å². The Morgan fingerprint density at radius 1 is 1.17 bits per heavy atom. The molecule has 0 amide bonds. The van der Waals surface area contributed by atoms with Gasteiger partial charge in [0.05, 0.1) is 0 Å². The van der Waals surface area contributed by atoms with Gasteiger partial charge >= 0.3 is 0 Å². The number of phenolic OH excluding ortho intramolecular Hbond substituents is 2. The smallest absolute Gasteiger partial charge is 0.157 e. The van der Waals surface area contributed by atoms with Crippen LogP contribution in [0.4, 0.5) is 0 Å². The summed E-state index contributed by atoms with van der Waals surface area (Å²) in [4.78, 5) is 0. The Morgan fingerprint density at radius 3 is 2.33 bits per heavy atom. The number of nitrogens with two attached hydrogens (primary N) is 1. The van der Waals surface area contributed by atoms with E-state index in [0.29, 0.717) is 13.0 Å². The van der Waals surface area contributed by atoms with Crippen LogP contribution in [-0.4, -0.2) is 16.8 Å². The molecule has 0 spiro atoms. The van der Waals surface area contributed by atoms with E-state index in [9.17, 15) is 0 Å². The molecule has 3 nitrogen and oxygen atoms in total. The molecule has 0 saturated carbocycles. The van der Waals surface area contributed by atoms with Gasteiger partial charge in [0.25, 0.3) is 0 Å². The number of benzene rings is 1. The van der Waals surface area contributed by atoms with Gasteiger partial charge in [-0.15, -0.1) is 0 Å². The Bertz CT molecular complexity index is 253. The van der Waals surface area contributed by atoms with Crippen molar-refractivity contribution in [3.05, 3.63) is 23.8 Å². The van der Waals surface area contributed by atoms with E-state index < -0.39 is 0 Å². The van der Waals surface area contributed by atoms with Crippen LogP contribution in [0.3, 0.4) is 0 Å². The molecule has 0 aliphatic rings. The Morgan fingerprint density at radius 2 is 1.83 bits per heavy atom. The van der Waals surface area contributed by atoms with E-state index in [1.807, 2.05) is 0 Å². The fourth-order valence-electron chi connectivity index (χ4n) is 0.891. The maximum absolute atomic E-state index is 9.04. The minimum Gasteiger partial charge on any atom is -0.504 e. The van der Waals surface area contributed by atoms with Gasteiger partial charge in [-0.2, -0.15) is 0 Å². The molecule has 0 radical (unpaired) electrons. The van der Waals surface area contributed by atoms with Crippen LogP contribution in [0.1, 0.15) is 5.56 Å². The van der Waals surface area contributed by atoms with Crippen molar-refractivity contribution in [1.82, 2.24) is 0 Å². The van der Waals surface area contributed by atoms with Crippen molar-refractivity contribution in [2.24, 2.45) is 5.73 Å². The summed E-state index contributed by atoms with van der Waals surface area (Å²) < 4.78 is 0. The largest absolute Gasteiger partial charge is 0.504 e. The molecule has 0 heterocycles. The third-order valence-corrected chi connectivity index (χ3v) is 1.47. The van der Waals surface area contributed by atoms with Crippen molar-refractivity contribution in [3.63, 3.8) is 0 Å². The van der Waals surface area contributed by atoms with Crippen LogP contribution < -0.4 is 5.73 Å². The van der Waals surface area contributed by atoms with Gasteiger partial charge < -0.3 is 15.9 Å². The number of phenols is 2. The molecule has 1 aromatic carbocycles. The van der Waals surface area contributed by atoms with Crippen LogP contribution in [0.25, 0.3) is 0 Å². The second-order valence-electron chi connectivity index (χ2n) is 2.36. The molecule has 0 aliphatic carbocycles. The molecule has 4 heteroatoms. The van der Waals surface area contributed by atoms with Crippen LogP contribution in [0.2, 0.25) is 0 Å². The molecule has 0 aliphatic heterocycles. The molecule has 0 atom stereocenters. The van der Waals surface area contributed by atoms with E-state index in [1.54, 1.807) is 6.07 Å². The second kappa shape index (κ2) is 5.17. The third-order valence-electron chi connectivity index (χ3n) is 1.47. The van der Waals surface area contributed by atoms with Crippen LogP contribution in [0, 0.1) is 0 Å². The van der Waals surface area contributed by atoms with E-state index in [0.717, 1.165) is 5.56 Å². The topological polar surface area (TPSA) is 66.5 Å². The summed E-state index contributed by atoms with van der Waals surface area (Å²) >= 11 is 0. The maximum atomic E-state index is 9.04. The normalized spacial score (nSPS) is 9.08. The van der Waals surface area contributed by atoms with Crippen LogP contribution in [0.15, 0.2) is 18.2 Å². The molecule has 0 fully saturated rings. The molecule has 66 valence electrons. The van der Waals surface area contributed by atoms with Gasteiger partial charge in [-0.1, -0.05) is 6.07 Å². The molecule has 0 aromatic heterocycles. The molecule has 0 saturated heterocycles. The third kappa shape index (κ3) is 2.84. The zero-order chi connectivity index (χ0) is 8.27. The first-order chi connectivity index (χ1) is 5.24. The summed E-state index contributed by atoms with van der Waals surface area (Å²) in [5, 5.41) is 18.0. The van der Waals surface area contributed by atoms with Gasteiger partial charge in [0.1, 0.15) is 0 Å². The number of hydrogen-bond donors (Lipinski definition) is 3. The zero-order valence-electron chi connectivity index (χ0n) is 6.53. The summed E-state index contributed by atoms with van der Waals surface area (Å²) in [7, 11) is 0. The van der Waals surface area contributed by atoms with Gasteiger partial charge in [-0.05, 0) is 30.7 Å². The van der Waals surface area contributed by atoms with Crippen molar-refractivity contribution in [3.8, 4) is 11.5 Å². The molecule has 4 N–H and O–H groups in total. The Labute approximate surface area is 85.5 Å². The van der Waals surface area contributed by atoms with Gasteiger partial charge in [-0.3, -0.25) is 0 Å². The first-order valence-electron chi connectivity index (χ1n) is 3.45. The van der Waals surface area contributed by atoms with Crippen LogP contribution >= 0.6 is 0 Å². The SMILES string of the molecule is NCCc1ccc(O)c(O)c1.[Mo]. The average Bonchev–Trinajstić information content (AvgIpc) is 1.98. The van der Waals surface area contributed by atoms with Crippen molar-refractivity contribution in [2.75, 3.05) is 6.54 Å². The quantitative estimate of drug-likeness (QED) is 0.531. The molecular weight excluding hydrogens is 238 g/mol. The van der Waals surface area contributed by atoms with Gasteiger partial charge in [0, 0.05) is 21.1 Å². The monoisotopic (exact) mass is 251 g/mol. The predicted octanol–water partition coefficient (Wildman–Crippen LogP) is 0.596. The maximum Gasteiger partial charge on any atom is 0.157 e. The molecule has 0 unspecified atom stereocenters. The van der Waals surface area contributed by atoms with Crippen molar-refractivity contribution in [1.29, 1.82) is 0 Å². The first-order valence-corrected chi connectivity index (χ1v) is 3.45. The number of rotatable bonds is 2. The Kier molecular flexibility index (Phi) is 4.94. The Hall–Kier alpha value is -0.532. The van der Waals surface area contributed by atoms with Gasteiger partial charge in [0.2, 0.25) is 0 Å². The number of aromatic hydroxyl groups is 2. The summed E-state index contributed by atoms with van der Waals surface area (Å²) in [6.45, 7) is 0.546. The first kappa shape index (κ1) is 11.5. The standard InChI is InChI=1S/C8H11NO2.Mo/c9-4-3-6-1-2-7(10)8(11)5-6;/h1-2,5,10-11H,3-4,9H2;. The second-order valence-corrected chi connectivity index (χ2v) is 2.36. The minimum atomic E-state index is -0.0919. The summed E-state index contributed by atoms with van der Waals surface area (Å²) in [5.74, 6) is -0.179. The summed E-state index contributed by atoms with van der Waals surface area (Å²) in [5.41, 5.74) is 6.24. The van der Waals surface area contributed by atoms with Crippen molar-refractivity contribution < 1.29 is 31.3 Å². The van der Waals surface area contributed by atoms with E-state index in [2.05, 4.69) is 0 Å². The molecule has 0 bridgehead atoms. The fourth-order valence-corrected chi connectivity index (χ4v) is 0.891. The molecule has 1 aromatic rings. The van der Waals surface area contributed by atoms with E-state index in [1.165, 1.54) is 12.1 Å². The molecule has 1 rings (SSSR count). The van der Waals surface area contributed by atoms with Crippen molar-refractivity contribution >= 4 is 0 Å². The average molecular weight is 249 g/mol. The zero-order valence-corrected chi connectivity index (χ0v) is 8.53. The number of hydrogen-bond acceptors (Lipinski definition) is 3. The Balaban J connectivity index is 0.00000121. The summed E-state index contributed by atoms with van der Waals surface area (Å²) in [6, 6.07) is 4.71. The van der Waals surface area contributed by atoms with E-state index in [-0.39, 0.29) is 32.6 Å². The van der Waals surface area contributed by atoms with Crippen molar-refractivity contribution in [2.45, 2.75) is 6.42 Å². The van der Waals surface area contributed by atoms with Crippen LogP contribution in [0.5, 0.6) is 11.5 Å². The van der Waals surface area contributed by atoms with Gasteiger partial charge in [0.15, 0.2) is 11.5 Å². The fraction of sp³-hybridized carbons (Fsp3) is 0.250. The van der Waals surface area contributed by atoms with E-state index in [4.69, 9.17) is 15.9 Å². The molecular formula is C8H11MoNO2.